The molecule has 1 aliphatic rings. The maximum absolute atomic E-state index is 12.9. The molecule has 0 N–H and O–H groups in total. The van der Waals surface area contributed by atoms with Crippen LogP contribution in [0, 0.1) is 0 Å². The molecule has 1 heterocycles. The average Bonchev–Trinajstić information content (AvgIpc) is 3.03. The van der Waals surface area contributed by atoms with Gasteiger partial charge in [0.2, 0.25) is 0 Å². The van der Waals surface area contributed by atoms with Crippen LogP contribution in [-0.4, -0.2) is 13.7 Å². The Kier molecular flexibility index (Phi) is 4.36. The summed E-state index contributed by atoms with van der Waals surface area (Å²) in [4.78, 5) is 0. The van der Waals surface area contributed by atoms with Crippen LogP contribution >= 0.6 is 11.6 Å². The number of nitrogens with zero attached hydrogens (tertiary/aromatic N) is 3. The van der Waals surface area contributed by atoms with E-state index >= 15 is 0 Å². The van der Waals surface area contributed by atoms with Crippen LogP contribution in [0.5, 0.6) is 5.75 Å². The molecule has 0 saturated heterocycles. The number of methoxy groups -OCH3 is 1. The van der Waals surface area contributed by atoms with Crippen LogP contribution in [0.1, 0.15) is 17.2 Å². The van der Waals surface area contributed by atoms with E-state index in [0.29, 0.717) is 22.0 Å². The Morgan fingerprint density at radius 1 is 1.21 bits per heavy atom. The third-order valence-corrected chi connectivity index (χ3v) is 3.93. The van der Waals surface area contributed by atoms with Crippen LogP contribution in [0.2, 0.25) is 5.02 Å². The highest BCUT2D eigenvalue weighted by Crippen LogP contribution is 2.40. The predicted octanol–water partition coefficient (Wildman–Crippen LogP) is 5.30. The topological polar surface area (TPSA) is 37.2 Å². The van der Waals surface area contributed by atoms with Crippen LogP contribution in [0.15, 0.2) is 52.8 Å². The Morgan fingerprint density at radius 3 is 2.71 bits per heavy atom. The van der Waals surface area contributed by atoms with Crippen LogP contribution in [-0.2, 0) is 6.18 Å². The number of benzene rings is 2. The first-order valence-corrected chi connectivity index (χ1v) is 7.45. The van der Waals surface area contributed by atoms with Crippen molar-refractivity contribution < 1.29 is 17.9 Å². The number of hydrogen-bond donors (Lipinski definition) is 0. The predicted molar refractivity (Wildman–Crippen MR) is 84.4 cm³/mol. The van der Waals surface area contributed by atoms with Crippen molar-refractivity contribution in [2.24, 2.45) is 10.3 Å². The minimum absolute atomic E-state index is 0.247. The molecule has 0 amide bonds. The lowest BCUT2D eigenvalue weighted by molar-refractivity contribution is -0.137. The van der Waals surface area contributed by atoms with E-state index < -0.39 is 17.8 Å². The maximum atomic E-state index is 12.9. The fourth-order valence-electron chi connectivity index (χ4n) is 2.55. The summed E-state index contributed by atoms with van der Waals surface area (Å²) in [7, 11) is 1.50. The molecule has 0 radical (unpaired) electrons. The second-order valence-corrected chi connectivity index (χ2v) is 5.65. The lowest BCUT2D eigenvalue weighted by atomic mass is 10.0. The molecule has 0 fully saturated rings. The number of anilines is 1. The van der Waals surface area contributed by atoms with E-state index in [2.05, 4.69) is 10.3 Å². The van der Waals surface area contributed by atoms with Crippen LogP contribution in [0.4, 0.5) is 18.9 Å². The van der Waals surface area contributed by atoms with Gasteiger partial charge in [0.1, 0.15) is 17.5 Å². The lowest BCUT2D eigenvalue weighted by Gasteiger charge is -2.24. The largest absolute Gasteiger partial charge is 0.495 e. The molecule has 8 heteroatoms. The first-order chi connectivity index (χ1) is 11.4. The zero-order chi connectivity index (χ0) is 17.3. The standard InChI is InChI=1S/C16H13ClF3N3O/c1-24-15-6-5-12(17)8-13(15)23-14(9-21-22-23)10-3-2-4-11(7-10)16(18,19)20/h2-8,14H,9H2,1H3. The summed E-state index contributed by atoms with van der Waals surface area (Å²) in [5, 5.41) is 10.0. The molecular weight excluding hydrogens is 343 g/mol. The number of ether oxygens (including phenoxy) is 1. The SMILES string of the molecule is COc1ccc(Cl)cc1N1N=NCC1c1cccc(C(F)(F)F)c1. The van der Waals surface area contributed by atoms with Gasteiger partial charge < -0.3 is 4.74 Å². The molecule has 4 nitrogen and oxygen atoms in total. The highest BCUT2D eigenvalue weighted by Gasteiger charge is 2.33. The van der Waals surface area contributed by atoms with E-state index in [-0.39, 0.29) is 6.54 Å². The summed E-state index contributed by atoms with van der Waals surface area (Å²) in [6.07, 6.45) is -4.40. The molecule has 3 rings (SSSR count). The third kappa shape index (κ3) is 3.17. The normalized spacial score (nSPS) is 17.4. The van der Waals surface area contributed by atoms with E-state index in [0.717, 1.165) is 12.1 Å². The number of hydrogen-bond acceptors (Lipinski definition) is 4. The molecule has 0 bridgehead atoms. The van der Waals surface area contributed by atoms with Gasteiger partial charge in [-0.2, -0.15) is 18.3 Å². The van der Waals surface area contributed by atoms with Crippen molar-refractivity contribution in [1.82, 2.24) is 0 Å². The Labute approximate surface area is 141 Å². The van der Waals surface area contributed by atoms with Crippen molar-refractivity contribution in [1.29, 1.82) is 0 Å². The molecule has 2 aromatic carbocycles. The van der Waals surface area contributed by atoms with Gasteiger partial charge >= 0.3 is 6.18 Å². The van der Waals surface area contributed by atoms with E-state index in [1.807, 2.05) is 0 Å². The minimum Gasteiger partial charge on any atom is -0.495 e. The fourth-order valence-corrected chi connectivity index (χ4v) is 2.72. The summed E-state index contributed by atoms with van der Waals surface area (Å²) in [5.41, 5.74) is 0.315. The smallest absolute Gasteiger partial charge is 0.416 e. The lowest BCUT2D eigenvalue weighted by Crippen LogP contribution is -2.21. The second-order valence-electron chi connectivity index (χ2n) is 5.21. The van der Waals surface area contributed by atoms with Gasteiger partial charge in [0.15, 0.2) is 0 Å². The van der Waals surface area contributed by atoms with Crippen molar-refractivity contribution in [3.63, 3.8) is 0 Å². The molecule has 1 unspecified atom stereocenters. The van der Waals surface area contributed by atoms with Gasteiger partial charge in [-0.3, -0.25) is 0 Å². The quantitative estimate of drug-likeness (QED) is 0.749. The summed E-state index contributed by atoms with van der Waals surface area (Å²) in [6.45, 7) is 0.247. The summed E-state index contributed by atoms with van der Waals surface area (Å²) < 4.78 is 44.1. The van der Waals surface area contributed by atoms with Crippen LogP contribution < -0.4 is 9.75 Å². The molecule has 1 aliphatic heterocycles. The third-order valence-electron chi connectivity index (χ3n) is 3.70. The zero-order valence-corrected chi connectivity index (χ0v) is 13.3. The zero-order valence-electron chi connectivity index (χ0n) is 12.6. The van der Waals surface area contributed by atoms with E-state index in [4.69, 9.17) is 16.3 Å². The van der Waals surface area contributed by atoms with Gasteiger partial charge in [0, 0.05) is 5.02 Å². The van der Waals surface area contributed by atoms with Crippen molar-refractivity contribution in [3.8, 4) is 5.75 Å². The monoisotopic (exact) mass is 355 g/mol. The molecule has 24 heavy (non-hydrogen) atoms. The van der Waals surface area contributed by atoms with Crippen molar-refractivity contribution in [2.75, 3.05) is 18.7 Å². The maximum Gasteiger partial charge on any atom is 0.416 e. The number of rotatable bonds is 3. The Bertz CT molecular complexity index is 779. The van der Waals surface area contributed by atoms with Crippen LogP contribution in [0.25, 0.3) is 0 Å². The Balaban J connectivity index is 2.00. The fraction of sp³-hybridized carbons (Fsp3) is 0.250. The Hall–Kier alpha value is -2.28. The highest BCUT2D eigenvalue weighted by atomic mass is 35.5. The Morgan fingerprint density at radius 2 is 2.00 bits per heavy atom. The second kappa shape index (κ2) is 6.32. The molecule has 0 aliphatic carbocycles. The summed E-state index contributed by atoms with van der Waals surface area (Å²) in [6, 6.07) is 9.68. The van der Waals surface area contributed by atoms with Crippen molar-refractivity contribution in [2.45, 2.75) is 12.2 Å². The summed E-state index contributed by atoms with van der Waals surface area (Å²) in [5.74, 6) is 0.511. The minimum atomic E-state index is -4.40. The first kappa shape index (κ1) is 16.6. The van der Waals surface area contributed by atoms with Gasteiger partial charge in [0.25, 0.3) is 0 Å². The number of alkyl halides is 3. The van der Waals surface area contributed by atoms with Crippen molar-refractivity contribution >= 4 is 17.3 Å². The van der Waals surface area contributed by atoms with Crippen molar-refractivity contribution in [3.05, 3.63) is 58.6 Å². The van der Waals surface area contributed by atoms with Gasteiger partial charge in [0.05, 0.1) is 19.2 Å². The summed E-state index contributed by atoms with van der Waals surface area (Å²) >= 11 is 6.03. The van der Waals surface area contributed by atoms with E-state index in [1.165, 1.54) is 18.2 Å². The van der Waals surface area contributed by atoms with E-state index in [1.54, 1.807) is 24.3 Å². The average molecular weight is 356 g/mol. The van der Waals surface area contributed by atoms with Crippen LogP contribution in [0.3, 0.4) is 0 Å². The molecule has 126 valence electrons. The van der Waals surface area contributed by atoms with Gasteiger partial charge in [-0.1, -0.05) is 29.0 Å². The van der Waals surface area contributed by atoms with E-state index in [9.17, 15) is 13.2 Å². The number of halogens is 4. The molecule has 2 aromatic rings. The van der Waals surface area contributed by atoms with Gasteiger partial charge in [-0.25, -0.2) is 5.01 Å². The highest BCUT2D eigenvalue weighted by molar-refractivity contribution is 6.30. The molecule has 0 saturated carbocycles. The molecule has 0 aromatic heterocycles. The van der Waals surface area contributed by atoms with Gasteiger partial charge in [-0.15, -0.1) is 0 Å². The molecular formula is C16H13ClF3N3O. The molecule has 1 atom stereocenters. The molecule has 0 spiro atoms. The first-order valence-electron chi connectivity index (χ1n) is 7.07. The van der Waals surface area contributed by atoms with Gasteiger partial charge in [-0.05, 0) is 35.9 Å².